The van der Waals surface area contributed by atoms with Crippen LogP contribution in [-0.2, 0) is 0 Å². The summed E-state index contributed by atoms with van der Waals surface area (Å²) in [6.07, 6.45) is 0. The molecule has 0 aliphatic carbocycles. The van der Waals surface area contributed by atoms with Gasteiger partial charge in [0.2, 0.25) is 0 Å². The van der Waals surface area contributed by atoms with Crippen molar-refractivity contribution in [3.05, 3.63) is 29.3 Å². The second-order valence-electron chi connectivity index (χ2n) is 4.19. The van der Waals surface area contributed by atoms with Crippen molar-refractivity contribution in [2.24, 2.45) is 0 Å². The summed E-state index contributed by atoms with van der Waals surface area (Å²) in [6.45, 7) is 5.35. The highest BCUT2D eigenvalue weighted by Gasteiger charge is 2.19. The van der Waals surface area contributed by atoms with Crippen LogP contribution in [0, 0.1) is 13.8 Å². The maximum absolute atomic E-state index is 9.53. The standard InChI is InChI=1S/C12H18O3/c1-9-4-5-11(6-10(9)2)15-8-12(3,14)7-13/h4-6,13-14H,7-8H2,1-3H3. The van der Waals surface area contributed by atoms with Gasteiger partial charge in [0, 0.05) is 0 Å². The molecule has 0 aliphatic rings. The highest BCUT2D eigenvalue weighted by molar-refractivity contribution is 5.33. The molecule has 0 aliphatic heterocycles. The molecule has 0 saturated heterocycles. The first-order valence-electron chi connectivity index (χ1n) is 4.98. The predicted octanol–water partition coefficient (Wildman–Crippen LogP) is 1.43. The summed E-state index contributed by atoms with van der Waals surface area (Å²) in [5.74, 6) is 0.715. The van der Waals surface area contributed by atoms with Crippen molar-refractivity contribution in [2.45, 2.75) is 26.4 Å². The second-order valence-corrected chi connectivity index (χ2v) is 4.19. The van der Waals surface area contributed by atoms with Gasteiger partial charge < -0.3 is 14.9 Å². The number of hydrogen-bond donors (Lipinski definition) is 2. The SMILES string of the molecule is Cc1ccc(OCC(C)(O)CO)cc1C. The van der Waals surface area contributed by atoms with Crippen LogP contribution in [0.3, 0.4) is 0 Å². The van der Waals surface area contributed by atoms with Gasteiger partial charge in [-0.05, 0) is 44.0 Å². The number of hydrogen-bond acceptors (Lipinski definition) is 3. The molecule has 1 rings (SSSR count). The van der Waals surface area contributed by atoms with Crippen molar-refractivity contribution in [2.75, 3.05) is 13.2 Å². The third-order valence-electron chi connectivity index (χ3n) is 2.37. The fourth-order valence-corrected chi connectivity index (χ4v) is 1.09. The molecule has 0 saturated carbocycles. The normalized spacial score (nSPS) is 14.7. The summed E-state index contributed by atoms with van der Waals surface area (Å²) in [5, 5.41) is 18.4. The highest BCUT2D eigenvalue weighted by atomic mass is 16.5. The lowest BCUT2D eigenvalue weighted by atomic mass is 10.1. The Morgan fingerprint density at radius 2 is 1.93 bits per heavy atom. The summed E-state index contributed by atoms with van der Waals surface area (Å²) in [6, 6.07) is 5.75. The number of aryl methyl sites for hydroxylation is 2. The van der Waals surface area contributed by atoms with E-state index in [2.05, 4.69) is 0 Å². The van der Waals surface area contributed by atoms with Crippen LogP contribution in [0.15, 0.2) is 18.2 Å². The molecule has 84 valence electrons. The van der Waals surface area contributed by atoms with Gasteiger partial charge in [0.05, 0.1) is 6.61 Å². The van der Waals surface area contributed by atoms with E-state index in [1.54, 1.807) is 0 Å². The van der Waals surface area contributed by atoms with E-state index < -0.39 is 5.60 Å². The minimum Gasteiger partial charge on any atom is -0.491 e. The lowest BCUT2D eigenvalue weighted by Crippen LogP contribution is -2.36. The molecule has 0 aromatic heterocycles. The van der Waals surface area contributed by atoms with Crippen molar-refractivity contribution < 1.29 is 14.9 Å². The van der Waals surface area contributed by atoms with Gasteiger partial charge in [0.1, 0.15) is 18.0 Å². The Balaban J connectivity index is 2.62. The molecule has 15 heavy (non-hydrogen) atoms. The quantitative estimate of drug-likeness (QED) is 0.790. The molecule has 3 heteroatoms. The molecule has 2 N–H and O–H groups in total. The van der Waals surface area contributed by atoms with Gasteiger partial charge in [-0.25, -0.2) is 0 Å². The van der Waals surface area contributed by atoms with Gasteiger partial charge in [-0.1, -0.05) is 6.07 Å². The molecule has 0 amide bonds. The van der Waals surface area contributed by atoms with E-state index in [1.807, 2.05) is 32.0 Å². The van der Waals surface area contributed by atoms with Crippen LogP contribution in [-0.4, -0.2) is 29.0 Å². The second kappa shape index (κ2) is 4.64. The van der Waals surface area contributed by atoms with E-state index in [1.165, 1.54) is 12.5 Å². The first-order chi connectivity index (χ1) is 6.94. The maximum atomic E-state index is 9.53. The molecule has 0 radical (unpaired) electrons. The Bertz CT molecular complexity index is 332. The minimum absolute atomic E-state index is 0.0893. The molecule has 0 spiro atoms. The summed E-state index contributed by atoms with van der Waals surface area (Å²) >= 11 is 0. The molecule has 3 nitrogen and oxygen atoms in total. The topological polar surface area (TPSA) is 49.7 Å². The Kier molecular flexibility index (Phi) is 3.72. The van der Waals surface area contributed by atoms with Crippen molar-refractivity contribution in [3.8, 4) is 5.75 Å². The minimum atomic E-state index is -1.18. The third kappa shape index (κ3) is 3.53. The molecular weight excluding hydrogens is 192 g/mol. The summed E-state index contributed by atoms with van der Waals surface area (Å²) in [4.78, 5) is 0. The molecule has 0 heterocycles. The largest absolute Gasteiger partial charge is 0.491 e. The highest BCUT2D eigenvalue weighted by Crippen LogP contribution is 2.17. The zero-order chi connectivity index (χ0) is 11.5. The lowest BCUT2D eigenvalue weighted by Gasteiger charge is -2.20. The van der Waals surface area contributed by atoms with E-state index in [-0.39, 0.29) is 13.2 Å². The average molecular weight is 210 g/mol. The van der Waals surface area contributed by atoms with Crippen LogP contribution in [0.25, 0.3) is 0 Å². The fourth-order valence-electron chi connectivity index (χ4n) is 1.09. The maximum Gasteiger partial charge on any atom is 0.119 e. The van der Waals surface area contributed by atoms with E-state index in [0.29, 0.717) is 5.75 Å². The summed E-state index contributed by atoms with van der Waals surface area (Å²) < 4.78 is 5.39. The van der Waals surface area contributed by atoms with E-state index >= 15 is 0 Å². The molecule has 1 aromatic rings. The summed E-state index contributed by atoms with van der Waals surface area (Å²) in [7, 11) is 0. The van der Waals surface area contributed by atoms with Gasteiger partial charge in [-0.2, -0.15) is 0 Å². The van der Waals surface area contributed by atoms with Crippen LogP contribution < -0.4 is 4.74 Å². The Hall–Kier alpha value is -1.06. The lowest BCUT2D eigenvalue weighted by molar-refractivity contribution is -0.0325. The molecule has 1 aromatic carbocycles. The third-order valence-corrected chi connectivity index (χ3v) is 2.37. The average Bonchev–Trinajstić information content (AvgIpc) is 2.20. The van der Waals surface area contributed by atoms with Crippen LogP contribution in [0.1, 0.15) is 18.1 Å². The molecule has 0 fully saturated rings. The Morgan fingerprint density at radius 3 is 2.47 bits per heavy atom. The van der Waals surface area contributed by atoms with Gasteiger partial charge in [-0.3, -0.25) is 0 Å². The number of rotatable bonds is 4. The number of aliphatic hydroxyl groups is 2. The predicted molar refractivity (Wildman–Crippen MR) is 59.1 cm³/mol. The Labute approximate surface area is 90.3 Å². The van der Waals surface area contributed by atoms with Crippen molar-refractivity contribution in [1.82, 2.24) is 0 Å². The van der Waals surface area contributed by atoms with E-state index in [0.717, 1.165) is 5.56 Å². The van der Waals surface area contributed by atoms with E-state index in [4.69, 9.17) is 9.84 Å². The van der Waals surface area contributed by atoms with Gasteiger partial charge in [-0.15, -0.1) is 0 Å². The zero-order valence-corrected chi connectivity index (χ0v) is 9.45. The van der Waals surface area contributed by atoms with Crippen molar-refractivity contribution in [1.29, 1.82) is 0 Å². The Morgan fingerprint density at radius 1 is 1.27 bits per heavy atom. The van der Waals surface area contributed by atoms with Gasteiger partial charge >= 0.3 is 0 Å². The van der Waals surface area contributed by atoms with Gasteiger partial charge in [0.15, 0.2) is 0 Å². The van der Waals surface area contributed by atoms with E-state index in [9.17, 15) is 5.11 Å². The molecule has 1 unspecified atom stereocenters. The number of ether oxygens (including phenoxy) is 1. The van der Waals surface area contributed by atoms with Crippen molar-refractivity contribution >= 4 is 0 Å². The first-order valence-corrected chi connectivity index (χ1v) is 4.98. The van der Waals surface area contributed by atoms with Crippen LogP contribution in [0.4, 0.5) is 0 Å². The fraction of sp³-hybridized carbons (Fsp3) is 0.500. The smallest absolute Gasteiger partial charge is 0.119 e. The first kappa shape index (κ1) is 12.0. The van der Waals surface area contributed by atoms with Crippen molar-refractivity contribution in [3.63, 3.8) is 0 Å². The van der Waals surface area contributed by atoms with Crippen LogP contribution in [0.5, 0.6) is 5.75 Å². The molecule has 1 atom stereocenters. The molecule has 0 bridgehead atoms. The summed E-state index contributed by atoms with van der Waals surface area (Å²) in [5.41, 5.74) is 1.17. The van der Waals surface area contributed by atoms with Crippen LogP contribution in [0.2, 0.25) is 0 Å². The number of benzene rings is 1. The van der Waals surface area contributed by atoms with Crippen LogP contribution >= 0.6 is 0 Å². The molecular formula is C12H18O3. The number of aliphatic hydroxyl groups excluding tert-OH is 1. The monoisotopic (exact) mass is 210 g/mol. The van der Waals surface area contributed by atoms with Gasteiger partial charge in [0.25, 0.3) is 0 Å². The zero-order valence-electron chi connectivity index (χ0n) is 9.45.